The molecule has 1 atom stereocenters. The van der Waals surface area contributed by atoms with Gasteiger partial charge in [-0.25, -0.2) is 0 Å². The van der Waals surface area contributed by atoms with Crippen LogP contribution < -0.4 is 14.8 Å². The first-order chi connectivity index (χ1) is 9.74. The van der Waals surface area contributed by atoms with Gasteiger partial charge in [0.15, 0.2) is 0 Å². The minimum atomic E-state index is -0.0328. The molecule has 1 fully saturated rings. The average molecular weight is 274 g/mol. The van der Waals surface area contributed by atoms with E-state index >= 15 is 0 Å². The van der Waals surface area contributed by atoms with E-state index in [1.807, 2.05) is 17.2 Å². The van der Waals surface area contributed by atoms with Crippen molar-refractivity contribution in [1.82, 2.24) is 10.2 Å². The number of benzene rings is 1. The van der Waals surface area contributed by atoms with E-state index in [0.29, 0.717) is 29.5 Å². The molecule has 2 heterocycles. The summed E-state index contributed by atoms with van der Waals surface area (Å²) in [5.41, 5.74) is 1.80. The van der Waals surface area contributed by atoms with Crippen LogP contribution in [0.5, 0.6) is 11.5 Å². The molecule has 0 aromatic heterocycles. The Morgan fingerprint density at radius 3 is 2.60 bits per heavy atom. The molecule has 106 valence electrons. The molecule has 5 nitrogen and oxygen atoms in total. The van der Waals surface area contributed by atoms with Gasteiger partial charge < -0.3 is 19.7 Å². The molecule has 5 heteroatoms. The van der Waals surface area contributed by atoms with Gasteiger partial charge in [0.25, 0.3) is 5.91 Å². The van der Waals surface area contributed by atoms with Crippen molar-refractivity contribution in [2.75, 3.05) is 33.9 Å². The molecule has 1 amide bonds. The van der Waals surface area contributed by atoms with Crippen molar-refractivity contribution in [3.8, 4) is 11.5 Å². The first-order valence-electron chi connectivity index (χ1n) is 6.67. The third kappa shape index (κ3) is 1.99. The quantitative estimate of drug-likeness (QED) is 0.901. The predicted molar refractivity (Wildman–Crippen MR) is 75.0 cm³/mol. The van der Waals surface area contributed by atoms with Crippen molar-refractivity contribution in [1.29, 1.82) is 0 Å². The van der Waals surface area contributed by atoms with Crippen LogP contribution in [-0.4, -0.2) is 44.7 Å². The van der Waals surface area contributed by atoms with Gasteiger partial charge in [-0.05, 0) is 23.9 Å². The van der Waals surface area contributed by atoms with Crippen LogP contribution in [0.4, 0.5) is 0 Å². The lowest BCUT2D eigenvalue weighted by Crippen LogP contribution is -2.31. The van der Waals surface area contributed by atoms with Crippen LogP contribution in [0.1, 0.15) is 10.4 Å². The Balaban J connectivity index is 1.91. The van der Waals surface area contributed by atoms with Crippen molar-refractivity contribution >= 4 is 5.91 Å². The SMILES string of the molecule is COc1cccc(OC)c1C(=O)N1CC2=CNCC2C1. The Hall–Kier alpha value is -2.17. The smallest absolute Gasteiger partial charge is 0.261 e. The zero-order valence-electron chi connectivity index (χ0n) is 11.7. The van der Waals surface area contributed by atoms with Crippen LogP contribution in [0.25, 0.3) is 0 Å². The lowest BCUT2D eigenvalue weighted by Gasteiger charge is -2.19. The van der Waals surface area contributed by atoms with Crippen LogP contribution >= 0.6 is 0 Å². The van der Waals surface area contributed by atoms with E-state index in [0.717, 1.165) is 13.1 Å². The van der Waals surface area contributed by atoms with Gasteiger partial charge in [0, 0.05) is 25.6 Å². The van der Waals surface area contributed by atoms with E-state index < -0.39 is 0 Å². The van der Waals surface area contributed by atoms with Crippen LogP contribution in [0, 0.1) is 5.92 Å². The molecule has 1 N–H and O–H groups in total. The Morgan fingerprint density at radius 1 is 1.30 bits per heavy atom. The monoisotopic (exact) mass is 274 g/mol. The first-order valence-corrected chi connectivity index (χ1v) is 6.67. The van der Waals surface area contributed by atoms with E-state index in [9.17, 15) is 4.79 Å². The van der Waals surface area contributed by atoms with Gasteiger partial charge in [-0.15, -0.1) is 0 Å². The Labute approximate surface area is 118 Å². The summed E-state index contributed by atoms with van der Waals surface area (Å²) in [6.07, 6.45) is 2.03. The molecule has 0 bridgehead atoms. The van der Waals surface area contributed by atoms with Gasteiger partial charge in [-0.3, -0.25) is 4.79 Å². The molecule has 0 saturated carbocycles. The number of amides is 1. The molecule has 1 aromatic carbocycles. The molecule has 0 radical (unpaired) electrons. The summed E-state index contributed by atoms with van der Waals surface area (Å²) in [5, 5.41) is 3.22. The molecule has 0 spiro atoms. The summed E-state index contributed by atoms with van der Waals surface area (Å²) in [5.74, 6) is 1.52. The Morgan fingerprint density at radius 2 is 2.00 bits per heavy atom. The summed E-state index contributed by atoms with van der Waals surface area (Å²) in [4.78, 5) is 14.6. The maximum atomic E-state index is 12.8. The van der Waals surface area contributed by atoms with Crippen molar-refractivity contribution in [2.24, 2.45) is 5.92 Å². The Kier molecular flexibility index (Phi) is 3.26. The van der Waals surface area contributed by atoms with E-state index in [2.05, 4.69) is 5.32 Å². The summed E-state index contributed by atoms with van der Waals surface area (Å²) in [6, 6.07) is 5.39. The van der Waals surface area contributed by atoms with Crippen molar-refractivity contribution in [3.05, 3.63) is 35.5 Å². The molecule has 1 saturated heterocycles. The first kappa shape index (κ1) is 12.8. The number of fused-ring (bicyclic) bond motifs is 1. The molecule has 3 rings (SSSR count). The molecule has 0 aliphatic carbocycles. The third-order valence-electron chi connectivity index (χ3n) is 3.92. The van der Waals surface area contributed by atoms with Crippen molar-refractivity contribution in [3.63, 3.8) is 0 Å². The zero-order valence-corrected chi connectivity index (χ0v) is 11.7. The number of nitrogens with one attached hydrogen (secondary N) is 1. The fraction of sp³-hybridized carbons (Fsp3) is 0.400. The summed E-state index contributed by atoms with van der Waals surface area (Å²) in [6.45, 7) is 2.35. The number of ether oxygens (including phenoxy) is 2. The second-order valence-corrected chi connectivity index (χ2v) is 5.05. The van der Waals surface area contributed by atoms with Crippen molar-refractivity contribution < 1.29 is 14.3 Å². The predicted octanol–water partition coefficient (Wildman–Crippen LogP) is 1.26. The molecule has 1 aromatic rings. The van der Waals surface area contributed by atoms with E-state index in [1.54, 1.807) is 26.4 Å². The van der Waals surface area contributed by atoms with Gasteiger partial charge >= 0.3 is 0 Å². The van der Waals surface area contributed by atoms with Crippen LogP contribution in [-0.2, 0) is 0 Å². The molecule has 2 aliphatic rings. The molecule has 20 heavy (non-hydrogen) atoms. The topological polar surface area (TPSA) is 50.8 Å². The molecule has 2 aliphatic heterocycles. The van der Waals surface area contributed by atoms with E-state index in [1.165, 1.54) is 5.57 Å². The highest BCUT2D eigenvalue weighted by Crippen LogP contribution is 2.33. The number of nitrogens with zero attached hydrogens (tertiary/aromatic N) is 1. The summed E-state index contributed by atoms with van der Waals surface area (Å²) >= 11 is 0. The standard InChI is InChI=1S/C15H18N2O3/c1-19-12-4-3-5-13(20-2)14(12)15(18)17-8-10-6-16-7-11(10)9-17/h3-6,11,16H,7-9H2,1-2H3. The van der Waals surface area contributed by atoms with E-state index in [4.69, 9.17) is 9.47 Å². The van der Waals surface area contributed by atoms with Gasteiger partial charge in [0.2, 0.25) is 0 Å². The van der Waals surface area contributed by atoms with Gasteiger partial charge in [-0.2, -0.15) is 0 Å². The fourth-order valence-electron chi connectivity index (χ4n) is 2.86. The number of carbonyl (C=O) groups is 1. The Bertz CT molecular complexity index is 546. The third-order valence-corrected chi connectivity index (χ3v) is 3.92. The fourth-order valence-corrected chi connectivity index (χ4v) is 2.86. The van der Waals surface area contributed by atoms with Crippen LogP contribution in [0.3, 0.4) is 0 Å². The highest BCUT2D eigenvalue weighted by atomic mass is 16.5. The lowest BCUT2D eigenvalue weighted by molar-refractivity contribution is 0.0781. The maximum Gasteiger partial charge on any atom is 0.261 e. The normalized spacial score (nSPS) is 20.2. The molecule has 1 unspecified atom stereocenters. The highest BCUT2D eigenvalue weighted by Gasteiger charge is 2.35. The molecular weight excluding hydrogens is 256 g/mol. The lowest BCUT2D eigenvalue weighted by atomic mass is 10.1. The van der Waals surface area contributed by atoms with Gasteiger partial charge in [0.05, 0.1) is 14.2 Å². The maximum absolute atomic E-state index is 12.8. The number of hydrogen-bond acceptors (Lipinski definition) is 4. The van der Waals surface area contributed by atoms with Crippen LogP contribution in [0.2, 0.25) is 0 Å². The minimum absolute atomic E-state index is 0.0328. The number of likely N-dealkylation sites (tertiary alicyclic amines) is 1. The van der Waals surface area contributed by atoms with E-state index in [-0.39, 0.29) is 5.91 Å². The largest absolute Gasteiger partial charge is 0.496 e. The van der Waals surface area contributed by atoms with Crippen LogP contribution in [0.15, 0.2) is 30.0 Å². The number of hydrogen-bond donors (Lipinski definition) is 1. The van der Waals surface area contributed by atoms with Crippen molar-refractivity contribution in [2.45, 2.75) is 0 Å². The average Bonchev–Trinajstić information content (AvgIpc) is 3.06. The number of methoxy groups -OCH3 is 2. The number of carbonyl (C=O) groups excluding carboxylic acids is 1. The second-order valence-electron chi connectivity index (χ2n) is 5.05. The molecular formula is C15H18N2O3. The highest BCUT2D eigenvalue weighted by molar-refractivity contribution is 6.00. The number of rotatable bonds is 3. The minimum Gasteiger partial charge on any atom is -0.496 e. The zero-order chi connectivity index (χ0) is 14.1. The van der Waals surface area contributed by atoms with Gasteiger partial charge in [-0.1, -0.05) is 6.07 Å². The summed E-state index contributed by atoms with van der Waals surface area (Å²) < 4.78 is 10.6. The second kappa shape index (κ2) is 5.07. The van der Waals surface area contributed by atoms with Gasteiger partial charge in [0.1, 0.15) is 17.1 Å². The summed E-state index contributed by atoms with van der Waals surface area (Å²) in [7, 11) is 3.13.